The smallest absolute Gasteiger partial charge is 0.241 e. The summed E-state index contributed by atoms with van der Waals surface area (Å²) >= 11 is 3.03. The zero-order valence-electron chi connectivity index (χ0n) is 11.8. The molecule has 0 radical (unpaired) electrons. The normalized spacial score (nSPS) is 22.7. The predicted octanol–water partition coefficient (Wildman–Crippen LogP) is 2.59. The van der Waals surface area contributed by atoms with Gasteiger partial charge in [0.1, 0.15) is 5.82 Å². The van der Waals surface area contributed by atoms with Crippen molar-refractivity contribution in [3.05, 3.63) is 28.0 Å². The van der Waals surface area contributed by atoms with Crippen LogP contribution < -0.4 is 10.0 Å². The molecule has 21 heavy (non-hydrogen) atoms. The van der Waals surface area contributed by atoms with E-state index in [1.54, 1.807) is 6.92 Å². The maximum absolute atomic E-state index is 13.4. The predicted molar refractivity (Wildman–Crippen MR) is 86.8 cm³/mol. The van der Waals surface area contributed by atoms with E-state index in [0.717, 1.165) is 13.0 Å². The van der Waals surface area contributed by atoms with Crippen molar-refractivity contribution in [1.82, 2.24) is 10.0 Å². The van der Waals surface area contributed by atoms with Crippen LogP contribution in [0.25, 0.3) is 0 Å². The van der Waals surface area contributed by atoms with E-state index in [1.165, 1.54) is 12.1 Å². The van der Waals surface area contributed by atoms with Crippen molar-refractivity contribution in [2.75, 3.05) is 13.1 Å². The van der Waals surface area contributed by atoms with Gasteiger partial charge in [-0.05, 0) is 59.4 Å². The second-order valence-corrected chi connectivity index (χ2v) is 7.77. The molecule has 1 aliphatic rings. The molecular formula is C13H19BrClFN2O2S. The molecule has 2 N–H and O–H groups in total. The highest BCUT2D eigenvalue weighted by atomic mass is 79.9. The Balaban J connectivity index is 0.00000220. The summed E-state index contributed by atoms with van der Waals surface area (Å²) in [6.07, 6.45) is 0.930. The first-order valence-electron chi connectivity index (χ1n) is 6.50. The molecule has 1 heterocycles. The summed E-state index contributed by atoms with van der Waals surface area (Å²) in [7, 11) is -3.65. The first kappa shape index (κ1) is 18.8. The van der Waals surface area contributed by atoms with Crippen LogP contribution in [0.5, 0.6) is 0 Å². The van der Waals surface area contributed by atoms with Gasteiger partial charge in [-0.3, -0.25) is 0 Å². The van der Waals surface area contributed by atoms with E-state index in [-0.39, 0.29) is 33.7 Å². The van der Waals surface area contributed by atoms with Gasteiger partial charge < -0.3 is 5.32 Å². The van der Waals surface area contributed by atoms with E-state index in [0.29, 0.717) is 12.1 Å². The van der Waals surface area contributed by atoms with Gasteiger partial charge >= 0.3 is 0 Å². The average Bonchev–Trinajstić information content (AvgIpc) is 2.36. The number of rotatable bonds is 3. The number of piperidine rings is 1. The summed E-state index contributed by atoms with van der Waals surface area (Å²) in [5.74, 6) is -0.190. The zero-order chi connectivity index (χ0) is 14.9. The standard InChI is InChI=1S/C13H18BrFN2O2S.ClH/c1-8-3-4-16-7-12(8)17-20(18,19)13-6-10(14)11(15)5-9(13)2;/h5-6,8,12,16-17H,3-4,7H2,1-2H3;1H. The van der Waals surface area contributed by atoms with Gasteiger partial charge in [0, 0.05) is 12.6 Å². The second-order valence-electron chi connectivity index (χ2n) is 5.23. The fraction of sp³-hybridized carbons (Fsp3) is 0.538. The third kappa shape index (κ3) is 4.39. The Kier molecular flexibility index (Phi) is 6.61. The van der Waals surface area contributed by atoms with Crippen molar-refractivity contribution >= 4 is 38.4 Å². The molecule has 1 aliphatic heterocycles. The second kappa shape index (κ2) is 7.37. The van der Waals surface area contributed by atoms with E-state index in [2.05, 4.69) is 26.0 Å². The lowest BCUT2D eigenvalue weighted by Gasteiger charge is -2.30. The molecule has 1 aromatic rings. The summed E-state index contributed by atoms with van der Waals surface area (Å²) in [5, 5.41) is 3.18. The maximum Gasteiger partial charge on any atom is 0.241 e. The number of aryl methyl sites for hydroxylation is 1. The minimum atomic E-state index is -3.65. The van der Waals surface area contributed by atoms with Crippen LogP contribution in [-0.4, -0.2) is 27.5 Å². The van der Waals surface area contributed by atoms with E-state index < -0.39 is 15.8 Å². The number of hydrogen-bond acceptors (Lipinski definition) is 3. The van der Waals surface area contributed by atoms with Crippen LogP contribution in [0, 0.1) is 18.7 Å². The molecule has 0 spiro atoms. The number of benzene rings is 1. The van der Waals surface area contributed by atoms with Crippen molar-refractivity contribution in [1.29, 1.82) is 0 Å². The van der Waals surface area contributed by atoms with E-state index in [1.807, 2.05) is 6.92 Å². The quantitative estimate of drug-likeness (QED) is 0.818. The highest BCUT2D eigenvalue weighted by Crippen LogP contribution is 2.25. The highest BCUT2D eigenvalue weighted by molar-refractivity contribution is 9.10. The lowest BCUT2D eigenvalue weighted by Crippen LogP contribution is -2.50. The van der Waals surface area contributed by atoms with Gasteiger partial charge in [-0.25, -0.2) is 17.5 Å². The molecule has 0 bridgehead atoms. The van der Waals surface area contributed by atoms with Gasteiger partial charge in [0.15, 0.2) is 0 Å². The van der Waals surface area contributed by atoms with Gasteiger partial charge in [-0.1, -0.05) is 6.92 Å². The fourth-order valence-electron chi connectivity index (χ4n) is 2.33. The summed E-state index contributed by atoms with van der Waals surface area (Å²) in [6.45, 7) is 5.14. The molecule has 120 valence electrons. The molecule has 1 aromatic carbocycles. The molecular weight excluding hydrogens is 383 g/mol. The molecule has 8 heteroatoms. The maximum atomic E-state index is 13.4. The Bertz CT molecular complexity index is 612. The molecule has 2 rings (SSSR count). The summed E-state index contributed by atoms with van der Waals surface area (Å²) in [5.41, 5.74) is 0.398. The third-order valence-corrected chi connectivity index (χ3v) is 5.88. The number of nitrogens with one attached hydrogen (secondary N) is 2. The number of halogens is 3. The first-order chi connectivity index (χ1) is 9.31. The lowest BCUT2D eigenvalue weighted by atomic mass is 9.96. The largest absolute Gasteiger partial charge is 0.315 e. The van der Waals surface area contributed by atoms with Crippen LogP contribution in [0.15, 0.2) is 21.5 Å². The van der Waals surface area contributed by atoms with Crippen LogP contribution in [0.1, 0.15) is 18.9 Å². The number of sulfonamides is 1. The topological polar surface area (TPSA) is 58.2 Å². The van der Waals surface area contributed by atoms with Crippen molar-refractivity contribution in [2.45, 2.75) is 31.2 Å². The van der Waals surface area contributed by atoms with Crippen LogP contribution in [0.4, 0.5) is 4.39 Å². The Morgan fingerprint density at radius 1 is 1.43 bits per heavy atom. The summed E-state index contributed by atoms with van der Waals surface area (Å²) in [6, 6.07) is 2.40. The summed E-state index contributed by atoms with van der Waals surface area (Å²) in [4.78, 5) is 0.114. The Labute approximate surface area is 139 Å². The minimum absolute atomic E-state index is 0. The van der Waals surface area contributed by atoms with Crippen LogP contribution in [-0.2, 0) is 10.0 Å². The zero-order valence-corrected chi connectivity index (χ0v) is 15.0. The van der Waals surface area contributed by atoms with E-state index in [4.69, 9.17) is 0 Å². The van der Waals surface area contributed by atoms with Crippen molar-refractivity contribution < 1.29 is 12.8 Å². The Hall–Kier alpha value is -0.210. The van der Waals surface area contributed by atoms with Crippen molar-refractivity contribution in [2.24, 2.45) is 5.92 Å². The monoisotopic (exact) mass is 400 g/mol. The highest BCUT2D eigenvalue weighted by Gasteiger charge is 2.28. The Morgan fingerprint density at radius 3 is 2.71 bits per heavy atom. The molecule has 1 fully saturated rings. The van der Waals surface area contributed by atoms with Gasteiger partial charge in [0.05, 0.1) is 9.37 Å². The molecule has 2 unspecified atom stereocenters. The Morgan fingerprint density at radius 2 is 2.10 bits per heavy atom. The van der Waals surface area contributed by atoms with E-state index in [9.17, 15) is 12.8 Å². The van der Waals surface area contributed by atoms with Crippen molar-refractivity contribution in [3.8, 4) is 0 Å². The molecule has 2 atom stereocenters. The van der Waals surface area contributed by atoms with Crippen LogP contribution in [0.2, 0.25) is 0 Å². The molecule has 1 saturated heterocycles. The van der Waals surface area contributed by atoms with Gasteiger partial charge in [0.25, 0.3) is 0 Å². The van der Waals surface area contributed by atoms with E-state index >= 15 is 0 Å². The van der Waals surface area contributed by atoms with Gasteiger partial charge in [-0.15, -0.1) is 12.4 Å². The minimum Gasteiger partial charge on any atom is -0.315 e. The van der Waals surface area contributed by atoms with Crippen LogP contribution in [0.3, 0.4) is 0 Å². The van der Waals surface area contributed by atoms with Gasteiger partial charge in [0.2, 0.25) is 10.0 Å². The molecule has 0 aliphatic carbocycles. The average molecular weight is 402 g/mol. The molecule has 0 amide bonds. The molecule has 4 nitrogen and oxygen atoms in total. The molecule has 0 saturated carbocycles. The molecule has 0 aromatic heterocycles. The SMILES string of the molecule is Cc1cc(F)c(Br)cc1S(=O)(=O)NC1CNCCC1C.Cl. The fourth-order valence-corrected chi connectivity index (χ4v) is 4.42. The van der Waals surface area contributed by atoms with Crippen LogP contribution >= 0.6 is 28.3 Å². The summed E-state index contributed by atoms with van der Waals surface area (Å²) < 4.78 is 41.2. The lowest BCUT2D eigenvalue weighted by molar-refractivity contribution is 0.327. The third-order valence-electron chi connectivity index (χ3n) is 3.64. The number of hydrogen-bond donors (Lipinski definition) is 2. The first-order valence-corrected chi connectivity index (χ1v) is 8.77. The van der Waals surface area contributed by atoms with Gasteiger partial charge in [-0.2, -0.15) is 0 Å². The van der Waals surface area contributed by atoms with Crippen molar-refractivity contribution in [3.63, 3.8) is 0 Å².